The molecule has 0 aliphatic carbocycles. The van der Waals surface area contributed by atoms with Crippen molar-refractivity contribution in [2.75, 3.05) is 39.5 Å². The molecule has 8 nitrogen and oxygen atoms in total. The van der Waals surface area contributed by atoms with E-state index in [1.165, 1.54) is 12.1 Å². The van der Waals surface area contributed by atoms with Gasteiger partial charge in [-0.25, -0.2) is 4.39 Å². The number of nitrogens with zero attached hydrogens (tertiary/aromatic N) is 2. The number of thioether (sulfide) groups is 1. The summed E-state index contributed by atoms with van der Waals surface area (Å²) in [5.41, 5.74) is 0.868. The fourth-order valence-corrected chi connectivity index (χ4v) is 4.79. The molecular formula is C25H24ClFN2O6S. The van der Waals surface area contributed by atoms with Crippen molar-refractivity contribution < 1.29 is 33.0 Å². The maximum absolute atomic E-state index is 14.0. The van der Waals surface area contributed by atoms with Crippen LogP contribution in [0.15, 0.2) is 41.3 Å². The average molecular weight is 535 g/mol. The Morgan fingerprint density at radius 1 is 1.19 bits per heavy atom. The molecule has 0 N–H and O–H groups in total. The number of carbonyl (C=O) groups excluding carboxylic acids is 3. The number of hydrogen-bond donors (Lipinski definition) is 0. The lowest BCUT2D eigenvalue weighted by Crippen LogP contribution is -2.46. The summed E-state index contributed by atoms with van der Waals surface area (Å²) in [4.78, 5) is 40.5. The van der Waals surface area contributed by atoms with Crippen molar-refractivity contribution in [2.45, 2.75) is 13.5 Å². The summed E-state index contributed by atoms with van der Waals surface area (Å²) in [6.07, 6.45) is 1.51. The Hall–Kier alpha value is -3.08. The fourth-order valence-electron chi connectivity index (χ4n) is 3.68. The van der Waals surface area contributed by atoms with Gasteiger partial charge < -0.3 is 19.1 Å². The molecule has 2 heterocycles. The highest BCUT2D eigenvalue weighted by atomic mass is 35.5. The van der Waals surface area contributed by atoms with Crippen LogP contribution >= 0.6 is 23.4 Å². The molecule has 4 rings (SSSR count). The van der Waals surface area contributed by atoms with Crippen LogP contribution in [0.25, 0.3) is 6.08 Å². The summed E-state index contributed by atoms with van der Waals surface area (Å²) in [6, 6.07) is 9.43. The van der Waals surface area contributed by atoms with Crippen LogP contribution in [0.2, 0.25) is 5.02 Å². The number of rotatable bonds is 8. The van der Waals surface area contributed by atoms with Gasteiger partial charge in [0, 0.05) is 18.7 Å². The SMILES string of the molecule is CCOc1cc(/C=C2/SC(=O)N(CC(=O)N3CCOCC3)C2=O)cc(Cl)c1OCc1ccccc1F. The summed E-state index contributed by atoms with van der Waals surface area (Å²) < 4.78 is 30.6. The molecule has 0 unspecified atom stereocenters. The minimum absolute atomic E-state index is 0.0537. The molecule has 3 amide bonds. The molecule has 2 aromatic carbocycles. The van der Waals surface area contributed by atoms with E-state index in [0.29, 0.717) is 49.8 Å². The maximum Gasteiger partial charge on any atom is 0.294 e. The van der Waals surface area contributed by atoms with Crippen molar-refractivity contribution >= 4 is 46.5 Å². The van der Waals surface area contributed by atoms with Crippen molar-refractivity contribution in [3.63, 3.8) is 0 Å². The predicted molar refractivity (Wildman–Crippen MR) is 133 cm³/mol. The minimum Gasteiger partial charge on any atom is -0.490 e. The third kappa shape index (κ3) is 6.00. The van der Waals surface area contributed by atoms with Gasteiger partial charge in [0.1, 0.15) is 19.0 Å². The molecule has 2 aliphatic rings. The molecule has 0 saturated carbocycles. The molecule has 0 atom stereocenters. The first-order valence-electron chi connectivity index (χ1n) is 11.3. The number of amides is 3. The van der Waals surface area contributed by atoms with Crippen LogP contribution in [0.3, 0.4) is 0 Å². The van der Waals surface area contributed by atoms with Gasteiger partial charge in [0.05, 0.1) is 29.7 Å². The Morgan fingerprint density at radius 2 is 1.94 bits per heavy atom. The number of morpholine rings is 1. The predicted octanol–water partition coefficient (Wildman–Crippen LogP) is 4.35. The van der Waals surface area contributed by atoms with Crippen LogP contribution in [-0.2, 0) is 20.9 Å². The second kappa shape index (κ2) is 11.8. The van der Waals surface area contributed by atoms with Gasteiger partial charge in [-0.1, -0.05) is 29.8 Å². The van der Waals surface area contributed by atoms with E-state index in [2.05, 4.69) is 0 Å². The number of hydrogen-bond acceptors (Lipinski definition) is 7. The lowest BCUT2D eigenvalue weighted by molar-refractivity contribution is -0.139. The molecule has 2 fully saturated rings. The zero-order valence-corrected chi connectivity index (χ0v) is 21.1. The minimum atomic E-state index is -0.555. The van der Waals surface area contributed by atoms with Crippen LogP contribution < -0.4 is 9.47 Å². The van der Waals surface area contributed by atoms with Gasteiger partial charge in [-0.2, -0.15) is 0 Å². The van der Waals surface area contributed by atoms with Gasteiger partial charge in [-0.3, -0.25) is 19.3 Å². The number of imide groups is 1. The van der Waals surface area contributed by atoms with Crippen LogP contribution in [0.5, 0.6) is 11.5 Å². The largest absolute Gasteiger partial charge is 0.490 e. The molecule has 0 spiro atoms. The van der Waals surface area contributed by atoms with Gasteiger partial charge in [0.25, 0.3) is 11.1 Å². The van der Waals surface area contributed by atoms with E-state index >= 15 is 0 Å². The molecule has 190 valence electrons. The summed E-state index contributed by atoms with van der Waals surface area (Å²) >= 11 is 7.20. The molecule has 2 aliphatic heterocycles. The van der Waals surface area contributed by atoms with Crippen molar-refractivity contribution in [2.24, 2.45) is 0 Å². The Morgan fingerprint density at radius 3 is 2.67 bits per heavy atom. The van der Waals surface area contributed by atoms with Gasteiger partial charge in [0.2, 0.25) is 5.91 Å². The van der Waals surface area contributed by atoms with Crippen LogP contribution in [0, 0.1) is 5.82 Å². The van der Waals surface area contributed by atoms with E-state index in [0.717, 1.165) is 16.7 Å². The Bertz CT molecular complexity index is 1200. The van der Waals surface area contributed by atoms with E-state index < -0.39 is 17.0 Å². The highest BCUT2D eigenvalue weighted by Gasteiger charge is 2.37. The molecule has 0 radical (unpaired) electrons. The second-order valence-corrected chi connectivity index (χ2v) is 9.30. The molecule has 2 saturated heterocycles. The highest BCUT2D eigenvalue weighted by molar-refractivity contribution is 8.18. The van der Waals surface area contributed by atoms with Crippen LogP contribution in [0.4, 0.5) is 9.18 Å². The van der Waals surface area contributed by atoms with Gasteiger partial charge in [-0.05, 0) is 48.5 Å². The van der Waals surface area contributed by atoms with E-state index in [4.69, 9.17) is 25.8 Å². The maximum atomic E-state index is 14.0. The number of benzene rings is 2. The standard InChI is InChI=1S/C25H24ClFN2O6S/c1-2-34-20-12-16(11-18(26)23(20)35-15-17-5-3-4-6-19(17)27)13-21-24(31)29(25(32)36-21)14-22(30)28-7-9-33-10-8-28/h3-6,11-13H,2,7-10,14-15H2,1H3/b21-13+. The summed E-state index contributed by atoms with van der Waals surface area (Å²) in [5, 5.41) is -0.320. The molecule has 11 heteroatoms. The van der Waals surface area contributed by atoms with E-state index in [9.17, 15) is 18.8 Å². The zero-order valence-electron chi connectivity index (χ0n) is 19.5. The lowest BCUT2D eigenvalue weighted by atomic mass is 10.1. The van der Waals surface area contributed by atoms with E-state index in [1.54, 1.807) is 42.2 Å². The number of halogens is 2. The molecule has 0 bridgehead atoms. The molecule has 2 aromatic rings. The van der Waals surface area contributed by atoms with Crippen LogP contribution in [0.1, 0.15) is 18.1 Å². The third-order valence-corrected chi connectivity index (χ3v) is 6.68. The molecule has 0 aromatic heterocycles. The average Bonchev–Trinajstić information content (AvgIpc) is 3.12. The Balaban J connectivity index is 1.51. The van der Waals surface area contributed by atoms with Crippen molar-refractivity contribution in [3.8, 4) is 11.5 Å². The van der Waals surface area contributed by atoms with Crippen molar-refractivity contribution in [3.05, 3.63) is 63.3 Å². The second-order valence-electron chi connectivity index (χ2n) is 7.90. The normalized spacial score (nSPS) is 17.1. The van der Waals surface area contributed by atoms with E-state index in [1.807, 2.05) is 0 Å². The van der Waals surface area contributed by atoms with Crippen molar-refractivity contribution in [1.82, 2.24) is 9.80 Å². The van der Waals surface area contributed by atoms with Gasteiger partial charge in [-0.15, -0.1) is 0 Å². The first-order valence-corrected chi connectivity index (χ1v) is 12.5. The molecule has 36 heavy (non-hydrogen) atoms. The molecular weight excluding hydrogens is 511 g/mol. The first-order chi connectivity index (χ1) is 17.4. The Kier molecular flexibility index (Phi) is 8.50. The number of carbonyl (C=O) groups is 3. The number of ether oxygens (including phenoxy) is 3. The fraction of sp³-hybridized carbons (Fsp3) is 0.320. The van der Waals surface area contributed by atoms with Gasteiger partial charge >= 0.3 is 0 Å². The van der Waals surface area contributed by atoms with Crippen LogP contribution in [-0.4, -0.2) is 66.3 Å². The smallest absolute Gasteiger partial charge is 0.294 e. The summed E-state index contributed by atoms with van der Waals surface area (Å²) in [5.74, 6) is -0.705. The Labute approximate surface area is 216 Å². The highest BCUT2D eigenvalue weighted by Crippen LogP contribution is 2.39. The summed E-state index contributed by atoms with van der Waals surface area (Å²) in [7, 11) is 0. The summed E-state index contributed by atoms with van der Waals surface area (Å²) in [6.45, 7) is 3.43. The quantitative estimate of drug-likeness (QED) is 0.465. The topological polar surface area (TPSA) is 85.4 Å². The monoisotopic (exact) mass is 534 g/mol. The van der Waals surface area contributed by atoms with Gasteiger partial charge in [0.15, 0.2) is 11.5 Å². The van der Waals surface area contributed by atoms with Crippen molar-refractivity contribution in [1.29, 1.82) is 0 Å². The lowest BCUT2D eigenvalue weighted by Gasteiger charge is -2.28. The first kappa shape index (κ1) is 26.0. The van der Waals surface area contributed by atoms with E-state index in [-0.39, 0.29) is 34.7 Å². The third-order valence-electron chi connectivity index (χ3n) is 5.49. The zero-order chi connectivity index (χ0) is 25.7.